The van der Waals surface area contributed by atoms with Gasteiger partial charge in [0.25, 0.3) is 11.9 Å². The zero-order chi connectivity index (χ0) is 19.1. The summed E-state index contributed by atoms with van der Waals surface area (Å²) in [4.78, 5) is 23.2. The number of nitrogens with zero attached hydrogens (tertiary/aromatic N) is 6. The van der Waals surface area contributed by atoms with Crippen LogP contribution in [0.25, 0.3) is 5.95 Å². The second kappa shape index (κ2) is 6.53. The predicted octanol–water partition coefficient (Wildman–Crippen LogP) is 2.57. The zero-order valence-corrected chi connectivity index (χ0v) is 15.3. The van der Waals surface area contributed by atoms with Gasteiger partial charge in [-0.2, -0.15) is 4.68 Å². The fourth-order valence-corrected chi connectivity index (χ4v) is 3.38. The first-order chi connectivity index (χ1) is 13.0. The number of aromatic nitrogens is 5. The van der Waals surface area contributed by atoms with Gasteiger partial charge in [-0.1, -0.05) is 17.3 Å². The van der Waals surface area contributed by atoms with Crippen LogP contribution in [-0.2, 0) is 6.42 Å². The Morgan fingerprint density at radius 2 is 2.07 bits per heavy atom. The molecule has 0 aliphatic carbocycles. The lowest BCUT2D eigenvalue weighted by molar-refractivity contribution is 0.0667. The van der Waals surface area contributed by atoms with Crippen molar-refractivity contribution in [1.82, 2.24) is 29.9 Å². The molecule has 3 aromatic rings. The van der Waals surface area contributed by atoms with E-state index in [9.17, 15) is 9.18 Å². The maximum atomic E-state index is 14.4. The number of benzene rings is 1. The lowest BCUT2D eigenvalue weighted by Gasteiger charge is -2.32. The third-order valence-electron chi connectivity index (χ3n) is 4.90. The van der Waals surface area contributed by atoms with Crippen LogP contribution in [0.15, 0.2) is 30.5 Å². The van der Waals surface area contributed by atoms with Crippen molar-refractivity contribution in [1.29, 1.82) is 0 Å². The predicted molar refractivity (Wildman–Crippen MR) is 96.0 cm³/mol. The van der Waals surface area contributed by atoms with Crippen molar-refractivity contribution in [2.45, 2.75) is 33.2 Å². The Morgan fingerprint density at radius 3 is 2.85 bits per heavy atom. The summed E-state index contributed by atoms with van der Waals surface area (Å²) in [6, 6.07) is 6.35. The second-order valence-electron chi connectivity index (χ2n) is 6.69. The second-order valence-corrected chi connectivity index (χ2v) is 6.69. The highest BCUT2D eigenvalue weighted by Gasteiger charge is 2.34. The van der Waals surface area contributed by atoms with Crippen molar-refractivity contribution < 1.29 is 9.18 Å². The molecule has 1 aliphatic heterocycles. The van der Waals surface area contributed by atoms with Crippen molar-refractivity contribution >= 4 is 5.91 Å². The lowest BCUT2D eigenvalue weighted by Crippen LogP contribution is -2.39. The SMILES string of the molecule is Cc1ccnc(-n2nnc3c2CCN(C(=O)c2cccc(C)c2F)C3C)n1. The highest BCUT2D eigenvalue weighted by Crippen LogP contribution is 2.30. The van der Waals surface area contributed by atoms with Crippen LogP contribution in [0.1, 0.15) is 46.0 Å². The normalized spacial score (nSPS) is 16.3. The standard InChI is InChI=1S/C19H19FN6O/c1-11-5-4-6-14(16(11)20)18(27)25-10-8-15-17(13(25)3)23-24-26(15)19-21-9-7-12(2)22-19/h4-7,9,13H,8,10H2,1-3H3. The van der Waals surface area contributed by atoms with Gasteiger partial charge in [0.2, 0.25) is 0 Å². The van der Waals surface area contributed by atoms with E-state index in [4.69, 9.17) is 0 Å². The van der Waals surface area contributed by atoms with Gasteiger partial charge in [-0.3, -0.25) is 4.79 Å². The first-order valence-corrected chi connectivity index (χ1v) is 8.78. The highest BCUT2D eigenvalue weighted by molar-refractivity contribution is 5.95. The molecule has 4 rings (SSSR count). The van der Waals surface area contributed by atoms with E-state index in [0.29, 0.717) is 30.2 Å². The largest absolute Gasteiger partial charge is 0.330 e. The monoisotopic (exact) mass is 366 g/mol. The fraction of sp³-hybridized carbons (Fsp3) is 0.316. The molecule has 27 heavy (non-hydrogen) atoms. The molecular formula is C19H19FN6O. The summed E-state index contributed by atoms with van der Waals surface area (Å²) in [6.45, 7) is 5.85. The number of hydrogen-bond acceptors (Lipinski definition) is 5. The van der Waals surface area contributed by atoms with Gasteiger partial charge >= 0.3 is 0 Å². The van der Waals surface area contributed by atoms with Gasteiger partial charge in [0.05, 0.1) is 17.3 Å². The van der Waals surface area contributed by atoms with E-state index < -0.39 is 5.82 Å². The first-order valence-electron chi connectivity index (χ1n) is 8.78. The summed E-state index contributed by atoms with van der Waals surface area (Å²) in [5.74, 6) is -0.353. The van der Waals surface area contributed by atoms with Crippen molar-refractivity contribution in [3.8, 4) is 5.95 Å². The molecule has 138 valence electrons. The quantitative estimate of drug-likeness (QED) is 0.697. The Hall–Kier alpha value is -3.16. The third kappa shape index (κ3) is 2.87. The van der Waals surface area contributed by atoms with Crippen LogP contribution in [0.2, 0.25) is 0 Å². The third-order valence-corrected chi connectivity index (χ3v) is 4.90. The molecule has 1 aromatic carbocycles. The topological polar surface area (TPSA) is 76.8 Å². The Bertz CT molecular complexity index is 1030. The van der Waals surface area contributed by atoms with Gasteiger partial charge in [0, 0.05) is 24.9 Å². The summed E-state index contributed by atoms with van der Waals surface area (Å²) in [5, 5.41) is 8.44. The number of carbonyl (C=O) groups excluding carboxylic acids is 1. The summed E-state index contributed by atoms with van der Waals surface area (Å²) in [7, 11) is 0. The minimum absolute atomic E-state index is 0.0831. The Morgan fingerprint density at radius 1 is 1.26 bits per heavy atom. The molecule has 0 bridgehead atoms. The Kier molecular flexibility index (Phi) is 4.18. The molecule has 1 atom stereocenters. The summed E-state index contributed by atoms with van der Waals surface area (Å²) < 4.78 is 16.0. The van der Waals surface area contributed by atoms with Gasteiger partial charge in [-0.25, -0.2) is 14.4 Å². The molecule has 0 fully saturated rings. The molecule has 0 N–H and O–H groups in total. The Balaban J connectivity index is 1.67. The molecule has 0 spiro atoms. The molecule has 7 nitrogen and oxygen atoms in total. The molecule has 0 saturated carbocycles. The maximum absolute atomic E-state index is 14.4. The van der Waals surface area contributed by atoms with E-state index in [1.165, 1.54) is 6.07 Å². The van der Waals surface area contributed by atoms with Crippen molar-refractivity contribution in [2.75, 3.05) is 6.54 Å². The average Bonchev–Trinajstić information content (AvgIpc) is 3.09. The van der Waals surface area contributed by atoms with Crippen LogP contribution < -0.4 is 0 Å². The van der Waals surface area contributed by atoms with Crippen LogP contribution in [0, 0.1) is 19.7 Å². The van der Waals surface area contributed by atoms with Crippen LogP contribution in [0.4, 0.5) is 4.39 Å². The van der Waals surface area contributed by atoms with Gasteiger partial charge in [0.15, 0.2) is 0 Å². The first kappa shape index (κ1) is 17.3. The number of rotatable bonds is 2. The highest BCUT2D eigenvalue weighted by atomic mass is 19.1. The molecule has 1 aliphatic rings. The van der Waals surface area contributed by atoms with Gasteiger partial charge < -0.3 is 4.90 Å². The fourth-order valence-electron chi connectivity index (χ4n) is 3.38. The maximum Gasteiger partial charge on any atom is 0.257 e. The van der Waals surface area contributed by atoms with Crippen molar-refractivity contribution in [3.05, 3.63) is 64.5 Å². The van der Waals surface area contributed by atoms with Crippen LogP contribution in [0.3, 0.4) is 0 Å². The zero-order valence-electron chi connectivity index (χ0n) is 15.3. The average molecular weight is 366 g/mol. The number of amides is 1. The van der Waals surface area contributed by atoms with E-state index in [-0.39, 0.29) is 17.5 Å². The van der Waals surface area contributed by atoms with E-state index in [1.807, 2.05) is 19.9 Å². The number of aryl methyl sites for hydroxylation is 2. The summed E-state index contributed by atoms with van der Waals surface area (Å²) in [5.41, 5.74) is 2.93. The minimum atomic E-state index is -0.475. The molecule has 1 amide bonds. The van der Waals surface area contributed by atoms with Crippen LogP contribution in [-0.4, -0.2) is 42.3 Å². The minimum Gasteiger partial charge on any atom is -0.330 e. The van der Waals surface area contributed by atoms with E-state index in [1.54, 1.807) is 34.8 Å². The Labute approximate surface area is 155 Å². The summed E-state index contributed by atoms with van der Waals surface area (Å²) in [6.07, 6.45) is 2.22. The van der Waals surface area contributed by atoms with Crippen molar-refractivity contribution in [3.63, 3.8) is 0 Å². The van der Waals surface area contributed by atoms with Gasteiger partial charge in [0.1, 0.15) is 11.5 Å². The van der Waals surface area contributed by atoms with Crippen LogP contribution in [0.5, 0.6) is 0 Å². The lowest BCUT2D eigenvalue weighted by atomic mass is 10.0. The van der Waals surface area contributed by atoms with E-state index >= 15 is 0 Å². The molecule has 0 saturated heterocycles. The molecule has 3 heterocycles. The summed E-state index contributed by atoms with van der Waals surface area (Å²) >= 11 is 0. The molecule has 1 unspecified atom stereocenters. The van der Waals surface area contributed by atoms with Gasteiger partial charge in [-0.15, -0.1) is 5.10 Å². The molecular weight excluding hydrogens is 347 g/mol. The number of fused-ring (bicyclic) bond motifs is 1. The molecule has 0 radical (unpaired) electrons. The molecule has 8 heteroatoms. The van der Waals surface area contributed by atoms with Crippen LogP contribution >= 0.6 is 0 Å². The number of halogens is 1. The van der Waals surface area contributed by atoms with Gasteiger partial charge in [-0.05, 0) is 38.5 Å². The smallest absolute Gasteiger partial charge is 0.257 e. The number of hydrogen-bond donors (Lipinski definition) is 0. The van der Waals surface area contributed by atoms with E-state index in [0.717, 1.165) is 11.4 Å². The number of carbonyl (C=O) groups is 1. The molecule has 2 aromatic heterocycles. The van der Waals surface area contributed by atoms with Crippen molar-refractivity contribution in [2.24, 2.45) is 0 Å². The van der Waals surface area contributed by atoms with E-state index in [2.05, 4.69) is 20.3 Å².